The molecule has 5 aromatic heterocycles. The van der Waals surface area contributed by atoms with E-state index in [1.54, 1.807) is 0 Å². The molecule has 0 unspecified atom stereocenters. The average molecular weight is 652 g/mol. The van der Waals surface area contributed by atoms with Gasteiger partial charge in [-0.05, 0) is 42.5 Å². The van der Waals surface area contributed by atoms with Crippen molar-refractivity contribution in [3.8, 4) is 34.2 Å². The number of furan rings is 1. The highest BCUT2D eigenvalue weighted by molar-refractivity contribution is 6.29. The number of fused-ring (bicyclic) bond motifs is 8. The van der Waals surface area contributed by atoms with E-state index >= 15 is 0 Å². The lowest BCUT2D eigenvalue weighted by Gasteiger charge is -2.10. The molecule has 0 radical (unpaired) electrons. The lowest BCUT2D eigenvalue weighted by molar-refractivity contribution is 0.669. The number of para-hydroxylation sites is 2. The first-order chi connectivity index (χ1) is 25.3. The van der Waals surface area contributed by atoms with Crippen LogP contribution < -0.4 is 0 Å². The fraction of sp³-hybridized carbons (Fsp3) is 0. The Morgan fingerprint density at radius 2 is 0.902 bits per heavy atom. The van der Waals surface area contributed by atoms with E-state index in [2.05, 4.69) is 99.8 Å². The summed E-state index contributed by atoms with van der Waals surface area (Å²) in [7, 11) is 0. The molecule has 12 aromatic rings. The molecule has 6 heteroatoms. The summed E-state index contributed by atoms with van der Waals surface area (Å²) in [5.41, 5.74) is 11.4. The SMILES string of the molecule is c1ccc(-c2nc(-c3ccccc3)nc(-c3ccc4c5cccc6c5n(c4c3)c3cccc4oc5ccc7c8ccccc8n6c7c5c43)n2)cc1. The molecule has 12 rings (SSSR count). The number of hydrogen-bond acceptors (Lipinski definition) is 4. The molecule has 0 aliphatic rings. The van der Waals surface area contributed by atoms with Crippen molar-refractivity contribution in [2.45, 2.75) is 0 Å². The van der Waals surface area contributed by atoms with Crippen LogP contribution in [0.15, 0.2) is 156 Å². The van der Waals surface area contributed by atoms with Crippen molar-refractivity contribution >= 4 is 76.6 Å². The first-order valence-corrected chi connectivity index (χ1v) is 17.1. The topological polar surface area (TPSA) is 60.6 Å². The highest BCUT2D eigenvalue weighted by Gasteiger charge is 2.23. The van der Waals surface area contributed by atoms with Gasteiger partial charge >= 0.3 is 0 Å². The van der Waals surface area contributed by atoms with E-state index in [1.807, 2.05) is 60.7 Å². The molecule has 0 fully saturated rings. The van der Waals surface area contributed by atoms with E-state index in [-0.39, 0.29) is 0 Å². The molecular weight excluding hydrogens is 627 g/mol. The van der Waals surface area contributed by atoms with Crippen LogP contribution in [0.4, 0.5) is 0 Å². The van der Waals surface area contributed by atoms with Crippen LogP contribution in [0.3, 0.4) is 0 Å². The maximum atomic E-state index is 6.61. The summed E-state index contributed by atoms with van der Waals surface area (Å²) in [5.74, 6) is 1.91. The van der Waals surface area contributed by atoms with E-state index in [1.165, 1.54) is 27.2 Å². The van der Waals surface area contributed by atoms with Gasteiger partial charge in [-0.1, -0.05) is 109 Å². The van der Waals surface area contributed by atoms with Crippen LogP contribution in [-0.4, -0.2) is 23.8 Å². The summed E-state index contributed by atoms with van der Waals surface area (Å²) in [6.45, 7) is 0. The Balaban J connectivity index is 1.26. The molecule has 7 aromatic carbocycles. The molecule has 236 valence electrons. The Hall–Kier alpha value is -7.05. The zero-order chi connectivity index (χ0) is 33.2. The third-order valence-corrected chi connectivity index (χ3v) is 10.5. The van der Waals surface area contributed by atoms with Crippen LogP contribution in [0.5, 0.6) is 0 Å². The fourth-order valence-corrected chi connectivity index (χ4v) is 8.33. The molecule has 5 heterocycles. The molecule has 0 aliphatic carbocycles. The lowest BCUT2D eigenvalue weighted by atomic mass is 10.1. The van der Waals surface area contributed by atoms with Gasteiger partial charge in [0.2, 0.25) is 0 Å². The summed E-state index contributed by atoms with van der Waals surface area (Å²) in [4.78, 5) is 15.1. The third kappa shape index (κ3) is 3.57. The monoisotopic (exact) mass is 651 g/mol. The fourth-order valence-electron chi connectivity index (χ4n) is 8.33. The van der Waals surface area contributed by atoms with Gasteiger partial charge in [-0.25, -0.2) is 15.0 Å². The molecule has 0 atom stereocenters. The van der Waals surface area contributed by atoms with Crippen molar-refractivity contribution < 1.29 is 4.42 Å². The van der Waals surface area contributed by atoms with Crippen molar-refractivity contribution in [3.63, 3.8) is 0 Å². The van der Waals surface area contributed by atoms with Crippen LogP contribution in [0, 0.1) is 0 Å². The van der Waals surface area contributed by atoms with Crippen molar-refractivity contribution in [1.29, 1.82) is 0 Å². The third-order valence-electron chi connectivity index (χ3n) is 10.5. The second-order valence-corrected chi connectivity index (χ2v) is 13.2. The van der Waals surface area contributed by atoms with Gasteiger partial charge in [-0.2, -0.15) is 0 Å². The Morgan fingerprint density at radius 3 is 1.69 bits per heavy atom. The average Bonchev–Trinajstić information content (AvgIpc) is 3.85. The Bertz CT molecular complexity index is 3300. The number of rotatable bonds is 3. The molecule has 0 saturated carbocycles. The minimum atomic E-state index is 0.626. The number of nitrogens with zero attached hydrogens (tertiary/aromatic N) is 5. The highest BCUT2D eigenvalue weighted by atomic mass is 16.3. The van der Waals surface area contributed by atoms with Gasteiger partial charge in [0.25, 0.3) is 0 Å². The van der Waals surface area contributed by atoms with Gasteiger partial charge in [-0.15, -0.1) is 0 Å². The van der Waals surface area contributed by atoms with E-state index in [4.69, 9.17) is 19.4 Å². The van der Waals surface area contributed by atoms with Gasteiger partial charge in [0.15, 0.2) is 17.5 Å². The Morgan fingerprint density at radius 1 is 0.353 bits per heavy atom. The maximum Gasteiger partial charge on any atom is 0.164 e. The second kappa shape index (κ2) is 9.77. The summed E-state index contributed by atoms with van der Waals surface area (Å²) in [6, 6.07) is 53.0. The smallest absolute Gasteiger partial charge is 0.164 e. The Kier molecular flexibility index (Phi) is 5.14. The van der Waals surface area contributed by atoms with Gasteiger partial charge in [0.05, 0.1) is 43.9 Å². The number of hydrogen-bond donors (Lipinski definition) is 0. The number of aromatic nitrogens is 5. The molecular formula is C45H25N5O. The normalized spacial score (nSPS) is 12.3. The summed E-state index contributed by atoms with van der Waals surface area (Å²) >= 11 is 0. The van der Waals surface area contributed by atoms with Gasteiger partial charge < -0.3 is 13.2 Å². The molecule has 51 heavy (non-hydrogen) atoms. The van der Waals surface area contributed by atoms with Crippen LogP contribution >= 0.6 is 0 Å². The Labute approximate surface area is 289 Å². The lowest BCUT2D eigenvalue weighted by Crippen LogP contribution is -2.00. The van der Waals surface area contributed by atoms with Crippen molar-refractivity contribution in [1.82, 2.24) is 23.8 Å². The van der Waals surface area contributed by atoms with E-state index in [0.717, 1.165) is 66.1 Å². The van der Waals surface area contributed by atoms with Crippen LogP contribution in [0.1, 0.15) is 0 Å². The van der Waals surface area contributed by atoms with Crippen molar-refractivity contribution in [2.24, 2.45) is 0 Å². The van der Waals surface area contributed by atoms with Crippen LogP contribution in [0.2, 0.25) is 0 Å². The first kappa shape index (κ1) is 26.9. The zero-order valence-corrected chi connectivity index (χ0v) is 27.1. The largest absolute Gasteiger partial charge is 0.456 e. The molecule has 0 amide bonds. The van der Waals surface area contributed by atoms with Crippen LogP contribution in [0.25, 0.3) is 111 Å². The molecule has 0 N–H and O–H groups in total. The first-order valence-electron chi connectivity index (χ1n) is 17.1. The van der Waals surface area contributed by atoms with Gasteiger partial charge in [-0.3, -0.25) is 0 Å². The molecule has 0 spiro atoms. The van der Waals surface area contributed by atoms with Gasteiger partial charge in [0, 0.05) is 38.2 Å². The second-order valence-electron chi connectivity index (χ2n) is 13.2. The molecule has 0 bridgehead atoms. The summed E-state index contributed by atoms with van der Waals surface area (Å²) in [6.07, 6.45) is 0. The number of benzene rings is 7. The predicted octanol–water partition coefficient (Wildman–Crippen LogP) is 11.3. The summed E-state index contributed by atoms with van der Waals surface area (Å²) in [5, 5.41) is 7.03. The minimum Gasteiger partial charge on any atom is -0.456 e. The molecule has 6 nitrogen and oxygen atoms in total. The van der Waals surface area contributed by atoms with E-state index in [0.29, 0.717) is 17.5 Å². The van der Waals surface area contributed by atoms with E-state index in [9.17, 15) is 0 Å². The molecule has 0 aliphatic heterocycles. The maximum absolute atomic E-state index is 6.61. The van der Waals surface area contributed by atoms with Crippen molar-refractivity contribution in [3.05, 3.63) is 152 Å². The van der Waals surface area contributed by atoms with E-state index < -0.39 is 0 Å². The predicted molar refractivity (Wildman–Crippen MR) is 207 cm³/mol. The molecule has 0 saturated heterocycles. The summed E-state index contributed by atoms with van der Waals surface area (Å²) < 4.78 is 11.5. The quantitative estimate of drug-likeness (QED) is 0.191. The highest BCUT2D eigenvalue weighted by Crippen LogP contribution is 2.44. The van der Waals surface area contributed by atoms with Gasteiger partial charge in [0.1, 0.15) is 11.2 Å². The zero-order valence-electron chi connectivity index (χ0n) is 27.1. The standard InChI is InChI=1S/C45H25N5O/c1-3-11-26(12-4-1)43-46-44(27-13-5-2-6-14-27)48-45(47-43)28-21-22-30-31-16-9-19-35-41(31)50(36(30)25-28)34-18-10-20-37-39(34)40-38(51-37)24-23-32-29-15-7-8-17-33(29)49(35)42(32)40/h1-25H. The van der Waals surface area contributed by atoms with Crippen molar-refractivity contribution in [2.75, 3.05) is 0 Å². The van der Waals surface area contributed by atoms with Crippen LogP contribution in [-0.2, 0) is 0 Å². The minimum absolute atomic E-state index is 0.626.